The average molecular weight is 270 g/mol. The lowest BCUT2D eigenvalue weighted by atomic mass is 10.2. The molecule has 2 heterocycles. The first kappa shape index (κ1) is 14.6. The van der Waals surface area contributed by atoms with Crippen LogP contribution in [0.3, 0.4) is 0 Å². The Labute approximate surface area is 120 Å². The van der Waals surface area contributed by atoms with Crippen molar-refractivity contribution in [2.45, 2.75) is 39.3 Å². The van der Waals surface area contributed by atoms with Crippen LogP contribution in [0, 0.1) is 0 Å². The molecule has 1 atom stereocenters. The molecule has 0 saturated heterocycles. The van der Waals surface area contributed by atoms with Gasteiger partial charge in [-0.2, -0.15) is 0 Å². The molecule has 0 saturated carbocycles. The van der Waals surface area contributed by atoms with E-state index in [9.17, 15) is 0 Å². The predicted octanol–water partition coefficient (Wildman–Crippen LogP) is 3.19. The van der Waals surface area contributed by atoms with Crippen molar-refractivity contribution >= 4 is 0 Å². The van der Waals surface area contributed by atoms with Crippen LogP contribution in [0.5, 0.6) is 0 Å². The van der Waals surface area contributed by atoms with E-state index in [1.807, 2.05) is 30.6 Å². The first-order valence-electron chi connectivity index (χ1n) is 7.01. The SMILES string of the molecule is CC(C)c1nccc(CN(C)C(C)c2ccccn2)n1. The molecule has 4 nitrogen and oxygen atoms in total. The molecule has 0 aliphatic carbocycles. The molecule has 1 unspecified atom stereocenters. The Hall–Kier alpha value is -1.81. The highest BCUT2D eigenvalue weighted by Crippen LogP contribution is 2.18. The molecule has 0 spiro atoms. The van der Waals surface area contributed by atoms with Gasteiger partial charge in [-0.05, 0) is 32.2 Å². The van der Waals surface area contributed by atoms with E-state index in [1.165, 1.54) is 0 Å². The van der Waals surface area contributed by atoms with Crippen molar-refractivity contribution in [2.24, 2.45) is 0 Å². The summed E-state index contributed by atoms with van der Waals surface area (Å²) in [6, 6.07) is 8.26. The molecule has 20 heavy (non-hydrogen) atoms. The summed E-state index contributed by atoms with van der Waals surface area (Å²) in [5, 5.41) is 0. The van der Waals surface area contributed by atoms with E-state index in [1.54, 1.807) is 0 Å². The van der Waals surface area contributed by atoms with Gasteiger partial charge in [-0.3, -0.25) is 9.88 Å². The Kier molecular flexibility index (Phi) is 4.79. The van der Waals surface area contributed by atoms with Crippen LogP contribution in [0.4, 0.5) is 0 Å². The lowest BCUT2D eigenvalue weighted by Gasteiger charge is -2.24. The molecule has 0 radical (unpaired) electrons. The van der Waals surface area contributed by atoms with E-state index in [0.29, 0.717) is 5.92 Å². The smallest absolute Gasteiger partial charge is 0.131 e. The molecule has 0 aromatic carbocycles. The fourth-order valence-corrected chi connectivity index (χ4v) is 2.02. The average Bonchev–Trinajstić information content (AvgIpc) is 2.47. The number of hydrogen-bond acceptors (Lipinski definition) is 4. The van der Waals surface area contributed by atoms with Gasteiger partial charge in [0.05, 0.1) is 11.4 Å². The summed E-state index contributed by atoms with van der Waals surface area (Å²) >= 11 is 0. The fraction of sp³-hybridized carbons (Fsp3) is 0.438. The minimum atomic E-state index is 0.258. The molecule has 2 aromatic heterocycles. The molecule has 106 valence electrons. The van der Waals surface area contributed by atoms with E-state index in [-0.39, 0.29) is 6.04 Å². The van der Waals surface area contributed by atoms with E-state index in [4.69, 9.17) is 0 Å². The minimum Gasteiger partial charge on any atom is -0.292 e. The Bertz CT molecular complexity index is 539. The summed E-state index contributed by atoms with van der Waals surface area (Å²) in [6.45, 7) is 7.17. The molecule has 0 fully saturated rings. The van der Waals surface area contributed by atoms with Crippen molar-refractivity contribution < 1.29 is 0 Å². The van der Waals surface area contributed by atoms with Gasteiger partial charge >= 0.3 is 0 Å². The van der Waals surface area contributed by atoms with Gasteiger partial charge in [0, 0.05) is 30.9 Å². The van der Waals surface area contributed by atoms with Crippen LogP contribution in [-0.4, -0.2) is 26.9 Å². The number of hydrogen-bond donors (Lipinski definition) is 0. The summed E-state index contributed by atoms with van der Waals surface area (Å²) in [5.74, 6) is 1.26. The van der Waals surface area contributed by atoms with Gasteiger partial charge in [-0.1, -0.05) is 19.9 Å². The second-order valence-corrected chi connectivity index (χ2v) is 5.41. The van der Waals surface area contributed by atoms with Crippen molar-refractivity contribution in [1.82, 2.24) is 19.9 Å². The van der Waals surface area contributed by atoms with Crippen molar-refractivity contribution in [2.75, 3.05) is 7.05 Å². The quantitative estimate of drug-likeness (QED) is 0.836. The monoisotopic (exact) mass is 270 g/mol. The predicted molar refractivity (Wildman–Crippen MR) is 80.2 cm³/mol. The van der Waals surface area contributed by atoms with Crippen LogP contribution < -0.4 is 0 Å². The van der Waals surface area contributed by atoms with Crippen molar-refractivity contribution in [3.63, 3.8) is 0 Å². The number of pyridine rings is 1. The highest BCUT2D eigenvalue weighted by Gasteiger charge is 2.14. The van der Waals surface area contributed by atoms with Crippen LogP contribution in [0.25, 0.3) is 0 Å². The molecule has 0 amide bonds. The van der Waals surface area contributed by atoms with Gasteiger partial charge in [0.15, 0.2) is 0 Å². The highest BCUT2D eigenvalue weighted by atomic mass is 15.1. The molecule has 2 aromatic rings. The second-order valence-electron chi connectivity index (χ2n) is 5.41. The van der Waals surface area contributed by atoms with E-state index < -0.39 is 0 Å². The third-order valence-electron chi connectivity index (χ3n) is 3.44. The number of rotatable bonds is 5. The van der Waals surface area contributed by atoms with Crippen LogP contribution in [0.2, 0.25) is 0 Å². The zero-order valence-corrected chi connectivity index (χ0v) is 12.6. The zero-order chi connectivity index (χ0) is 14.5. The standard InChI is InChI=1S/C16H22N4/c1-12(2)16-18-10-8-14(19-16)11-20(4)13(3)15-7-5-6-9-17-15/h5-10,12-13H,11H2,1-4H3. The van der Waals surface area contributed by atoms with Crippen molar-refractivity contribution in [1.29, 1.82) is 0 Å². The molecule has 0 aliphatic rings. The topological polar surface area (TPSA) is 41.9 Å². The maximum Gasteiger partial charge on any atom is 0.131 e. The molecule has 2 rings (SSSR count). The van der Waals surface area contributed by atoms with E-state index in [2.05, 4.69) is 53.7 Å². The Morgan fingerprint density at radius 3 is 2.50 bits per heavy atom. The molecular weight excluding hydrogens is 248 g/mol. The Morgan fingerprint density at radius 1 is 1.05 bits per heavy atom. The lowest BCUT2D eigenvalue weighted by Crippen LogP contribution is -2.23. The Morgan fingerprint density at radius 2 is 1.85 bits per heavy atom. The van der Waals surface area contributed by atoms with E-state index >= 15 is 0 Å². The third kappa shape index (κ3) is 3.61. The minimum absolute atomic E-state index is 0.258. The highest BCUT2D eigenvalue weighted by molar-refractivity contribution is 5.09. The summed E-state index contributed by atoms with van der Waals surface area (Å²) in [7, 11) is 2.09. The van der Waals surface area contributed by atoms with Crippen LogP contribution >= 0.6 is 0 Å². The van der Waals surface area contributed by atoms with Crippen LogP contribution in [0.1, 0.15) is 49.9 Å². The third-order valence-corrected chi connectivity index (χ3v) is 3.44. The molecule has 0 bridgehead atoms. The van der Waals surface area contributed by atoms with Gasteiger partial charge in [-0.15, -0.1) is 0 Å². The largest absolute Gasteiger partial charge is 0.292 e. The zero-order valence-electron chi connectivity index (χ0n) is 12.6. The summed E-state index contributed by atoms with van der Waals surface area (Å²) in [4.78, 5) is 15.6. The summed E-state index contributed by atoms with van der Waals surface area (Å²) in [6.07, 6.45) is 3.68. The van der Waals surface area contributed by atoms with Crippen LogP contribution in [0.15, 0.2) is 36.7 Å². The number of aromatic nitrogens is 3. The maximum atomic E-state index is 4.62. The fourth-order valence-electron chi connectivity index (χ4n) is 2.02. The summed E-state index contributed by atoms with van der Waals surface area (Å²) in [5.41, 5.74) is 2.13. The Balaban J connectivity index is 2.08. The maximum absolute atomic E-state index is 4.62. The molecular formula is C16H22N4. The first-order chi connectivity index (χ1) is 9.58. The van der Waals surface area contributed by atoms with Crippen LogP contribution in [-0.2, 0) is 6.54 Å². The lowest BCUT2D eigenvalue weighted by molar-refractivity contribution is 0.245. The molecule has 0 N–H and O–H groups in total. The van der Waals surface area contributed by atoms with E-state index in [0.717, 1.165) is 23.8 Å². The van der Waals surface area contributed by atoms with Crippen molar-refractivity contribution in [3.8, 4) is 0 Å². The van der Waals surface area contributed by atoms with Gasteiger partial charge in [0.2, 0.25) is 0 Å². The molecule has 0 aliphatic heterocycles. The van der Waals surface area contributed by atoms with Gasteiger partial charge < -0.3 is 0 Å². The molecule has 4 heteroatoms. The van der Waals surface area contributed by atoms with Crippen molar-refractivity contribution in [3.05, 3.63) is 53.9 Å². The van der Waals surface area contributed by atoms with Gasteiger partial charge in [0.1, 0.15) is 5.82 Å². The number of nitrogens with zero attached hydrogens (tertiary/aromatic N) is 4. The van der Waals surface area contributed by atoms with Gasteiger partial charge in [-0.25, -0.2) is 9.97 Å². The normalized spacial score (nSPS) is 12.9. The summed E-state index contributed by atoms with van der Waals surface area (Å²) < 4.78 is 0. The second kappa shape index (κ2) is 6.57. The van der Waals surface area contributed by atoms with Gasteiger partial charge in [0.25, 0.3) is 0 Å². The first-order valence-corrected chi connectivity index (χ1v) is 7.01.